The van der Waals surface area contributed by atoms with Gasteiger partial charge in [-0.15, -0.1) is 0 Å². The molecular weight excluding hydrogens is 262 g/mol. The van der Waals surface area contributed by atoms with E-state index in [-0.39, 0.29) is 6.10 Å². The van der Waals surface area contributed by atoms with Crippen LogP contribution in [0.3, 0.4) is 0 Å². The molecule has 4 heteroatoms. The fourth-order valence-corrected chi connectivity index (χ4v) is 3.13. The van der Waals surface area contributed by atoms with Gasteiger partial charge in [0.15, 0.2) is 0 Å². The number of nitrogens with zero attached hydrogens (tertiary/aromatic N) is 3. The minimum atomic E-state index is -0.190. The Hall–Kier alpha value is -1.65. The minimum Gasteiger partial charge on any atom is -0.393 e. The van der Waals surface area contributed by atoms with E-state index in [4.69, 9.17) is 0 Å². The molecule has 0 unspecified atom stereocenters. The van der Waals surface area contributed by atoms with E-state index in [0.717, 1.165) is 38.2 Å². The van der Waals surface area contributed by atoms with Gasteiger partial charge in [-0.05, 0) is 18.4 Å². The summed E-state index contributed by atoms with van der Waals surface area (Å²) in [6, 6.07) is 10.5. The van der Waals surface area contributed by atoms with Crippen molar-refractivity contribution in [2.75, 3.05) is 13.1 Å². The smallest absolute Gasteiger partial charge is 0.0947 e. The molecule has 0 aliphatic carbocycles. The number of aryl methyl sites for hydroxylation is 1. The van der Waals surface area contributed by atoms with Crippen molar-refractivity contribution >= 4 is 0 Å². The van der Waals surface area contributed by atoms with Crippen LogP contribution in [-0.2, 0) is 20.0 Å². The van der Waals surface area contributed by atoms with Gasteiger partial charge in [0.25, 0.3) is 0 Å². The highest BCUT2D eigenvalue weighted by Crippen LogP contribution is 2.22. The molecule has 2 aromatic rings. The van der Waals surface area contributed by atoms with Gasteiger partial charge >= 0.3 is 0 Å². The lowest BCUT2D eigenvalue weighted by Gasteiger charge is -2.36. The second kappa shape index (κ2) is 6.41. The average molecular weight is 285 g/mol. The van der Waals surface area contributed by atoms with Crippen molar-refractivity contribution in [1.82, 2.24) is 14.5 Å². The maximum Gasteiger partial charge on any atom is 0.0947 e. The van der Waals surface area contributed by atoms with Gasteiger partial charge in [-0.3, -0.25) is 4.90 Å². The number of hydrogen-bond acceptors (Lipinski definition) is 3. The van der Waals surface area contributed by atoms with Crippen LogP contribution < -0.4 is 0 Å². The summed E-state index contributed by atoms with van der Waals surface area (Å²) < 4.78 is 1.98. The van der Waals surface area contributed by atoms with Crippen LogP contribution in [-0.4, -0.2) is 38.8 Å². The van der Waals surface area contributed by atoms with Crippen molar-refractivity contribution in [2.24, 2.45) is 13.0 Å². The fourth-order valence-electron chi connectivity index (χ4n) is 3.13. The number of aromatic nitrogens is 2. The van der Waals surface area contributed by atoms with E-state index in [9.17, 15) is 5.11 Å². The number of rotatable bonds is 4. The molecule has 1 aliphatic rings. The second-order valence-electron chi connectivity index (χ2n) is 6.07. The Balaban J connectivity index is 1.61. The first-order valence-electron chi connectivity index (χ1n) is 7.62. The summed E-state index contributed by atoms with van der Waals surface area (Å²) in [6.07, 6.45) is 5.52. The topological polar surface area (TPSA) is 41.3 Å². The Morgan fingerprint density at radius 2 is 2.10 bits per heavy atom. The van der Waals surface area contributed by atoms with Crippen molar-refractivity contribution in [3.05, 3.63) is 54.1 Å². The van der Waals surface area contributed by atoms with Gasteiger partial charge in [0.05, 0.1) is 18.1 Å². The SMILES string of the molecule is Cn1cnc(CN2CC[C@H](O)[C@H](Cc3ccccc3)C2)c1. The quantitative estimate of drug-likeness (QED) is 0.932. The van der Waals surface area contributed by atoms with Crippen molar-refractivity contribution in [1.29, 1.82) is 0 Å². The number of piperidine rings is 1. The second-order valence-corrected chi connectivity index (χ2v) is 6.07. The third-order valence-corrected chi connectivity index (χ3v) is 4.26. The number of aliphatic hydroxyl groups excluding tert-OH is 1. The highest BCUT2D eigenvalue weighted by Gasteiger charge is 2.28. The molecule has 1 saturated heterocycles. The number of aliphatic hydroxyl groups is 1. The van der Waals surface area contributed by atoms with Crippen LogP contribution in [0.2, 0.25) is 0 Å². The Morgan fingerprint density at radius 3 is 2.81 bits per heavy atom. The Labute approximate surface area is 126 Å². The third kappa shape index (κ3) is 3.71. The zero-order valence-corrected chi connectivity index (χ0v) is 12.5. The zero-order valence-electron chi connectivity index (χ0n) is 12.5. The molecule has 0 bridgehead atoms. The van der Waals surface area contributed by atoms with Crippen molar-refractivity contribution in [2.45, 2.75) is 25.5 Å². The molecule has 21 heavy (non-hydrogen) atoms. The van der Waals surface area contributed by atoms with Crippen LogP contribution in [0.15, 0.2) is 42.9 Å². The molecule has 112 valence electrons. The fraction of sp³-hybridized carbons (Fsp3) is 0.471. The van der Waals surface area contributed by atoms with Crippen LogP contribution in [0.4, 0.5) is 0 Å². The standard InChI is InChI=1S/C17H23N3O/c1-19-11-16(18-13-19)12-20-8-7-17(21)15(10-20)9-14-5-3-2-4-6-14/h2-6,11,13,15,17,21H,7-10,12H2,1H3/t15-,17+/m1/s1. The monoisotopic (exact) mass is 285 g/mol. The molecule has 0 amide bonds. The van der Waals surface area contributed by atoms with Crippen LogP contribution in [0.1, 0.15) is 17.7 Å². The van der Waals surface area contributed by atoms with Crippen LogP contribution in [0, 0.1) is 5.92 Å². The van der Waals surface area contributed by atoms with Gasteiger partial charge in [0.1, 0.15) is 0 Å². The third-order valence-electron chi connectivity index (χ3n) is 4.26. The van der Waals surface area contributed by atoms with Crippen molar-refractivity contribution in [3.63, 3.8) is 0 Å². The molecule has 1 N–H and O–H groups in total. The van der Waals surface area contributed by atoms with E-state index < -0.39 is 0 Å². The van der Waals surface area contributed by atoms with E-state index in [1.807, 2.05) is 24.0 Å². The minimum absolute atomic E-state index is 0.190. The Kier molecular flexibility index (Phi) is 4.36. The molecule has 3 rings (SSSR count). The maximum atomic E-state index is 10.3. The summed E-state index contributed by atoms with van der Waals surface area (Å²) in [4.78, 5) is 6.80. The van der Waals surface area contributed by atoms with Crippen molar-refractivity contribution in [3.8, 4) is 0 Å². The summed E-state index contributed by atoms with van der Waals surface area (Å²) in [6.45, 7) is 2.76. The number of imidazole rings is 1. The molecule has 0 radical (unpaired) electrons. The van der Waals surface area contributed by atoms with Crippen LogP contribution in [0.5, 0.6) is 0 Å². The predicted molar refractivity (Wildman–Crippen MR) is 82.7 cm³/mol. The number of benzene rings is 1. The zero-order chi connectivity index (χ0) is 14.7. The molecule has 4 nitrogen and oxygen atoms in total. The van der Waals surface area contributed by atoms with Gasteiger partial charge in [0.2, 0.25) is 0 Å². The van der Waals surface area contributed by atoms with E-state index in [0.29, 0.717) is 5.92 Å². The molecule has 1 aromatic carbocycles. The van der Waals surface area contributed by atoms with Gasteiger partial charge < -0.3 is 9.67 Å². The van der Waals surface area contributed by atoms with Crippen LogP contribution in [0.25, 0.3) is 0 Å². The van der Waals surface area contributed by atoms with E-state index in [2.05, 4.69) is 40.3 Å². The van der Waals surface area contributed by atoms with Crippen LogP contribution >= 0.6 is 0 Å². The summed E-state index contributed by atoms with van der Waals surface area (Å²) in [5.41, 5.74) is 2.41. The van der Waals surface area contributed by atoms with Gasteiger partial charge in [0, 0.05) is 38.8 Å². The first kappa shape index (κ1) is 14.3. The highest BCUT2D eigenvalue weighted by molar-refractivity contribution is 5.15. The lowest BCUT2D eigenvalue weighted by Crippen LogP contribution is -2.43. The first-order chi connectivity index (χ1) is 10.2. The summed E-state index contributed by atoms with van der Waals surface area (Å²) >= 11 is 0. The molecule has 2 heterocycles. The summed E-state index contributed by atoms with van der Waals surface area (Å²) in [5.74, 6) is 0.310. The molecule has 2 atom stereocenters. The average Bonchev–Trinajstić information content (AvgIpc) is 2.89. The van der Waals surface area contributed by atoms with Crippen molar-refractivity contribution < 1.29 is 5.11 Å². The number of hydrogen-bond donors (Lipinski definition) is 1. The normalized spacial score (nSPS) is 23.3. The molecular formula is C17H23N3O. The Bertz CT molecular complexity index is 566. The molecule has 1 aromatic heterocycles. The largest absolute Gasteiger partial charge is 0.393 e. The predicted octanol–water partition coefficient (Wildman–Crippen LogP) is 1.85. The van der Waals surface area contributed by atoms with E-state index in [1.54, 1.807) is 0 Å². The molecule has 0 spiro atoms. The van der Waals surface area contributed by atoms with Gasteiger partial charge in [-0.2, -0.15) is 0 Å². The number of likely N-dealkylation sites (tertiary alicyclic amines) is 1. The van der Waals surface area contributed by atoms with E-state index >= 15 is 0 Å². The van der Waals surface area contributed by atoms with E-state index in [1.165, 1.54) is 5.56 Å². The maximum absolute atomic E-state index is 10.3. The molecule has 1 fully saturated rings. The summed E-state index contributed by atoms with van der Waals surface area (Å²) in [7, 11) is 1.99. The molecule has 0 saturated carbocycles. The lowest BCUT2D eigenvalue weighted by molar-refractivity contribution is 0.0235. The highest BCUT2D eigenvalue weighted by atomic mass is 16.3. The summed E-state index contributed by atoms with van der Waals surface area (Å²) in [5, 5.41) is 10.3. The van der Waals surface area contributed by atoms with Gasteiger partial charge in [-0.1, -0.05) is 30.3 Å². The molecule has 1 aliphatic heterocycles. The first-order valence-corrected chi connectivity index (χ1v) is 7.62. The van der Waals surface area contributed by atoms with Gasteiger partial charge in [-0.25, -0.2) is 4.98 Å². The lowest BCUT2D eigenvalue weighted by atomic mass is 9.88. The Morgan fingerprint density at radius 1 is 1.29 bits per heavy atom.